The molecule has 5 heteroatoms. The number of nitriles is 1. The summed E-state index contributed by atoms with van der Waals surface area (Å²) in [5, 5.41) is 21.2. The molecular formula is C24H23N3O2. The third-order valence-electron chi connectivity index (χ3n) is 4.72. The second-order valence-electron chi connectivity index (χ2n) is 7.22. The van der Waals surface area contributed by atoms with Gasteiger partial charge in [0.25, 0.3) is 5.91 Å². The number of pyridine rings is 1. The summed E-state index contributed by atoms with van der Waals surface area (Å²) in [7, 11) is 0. The molecule has 0 fully saturated rings. The van der Waals surface area contributed by atoms with Gasteiger partial charge in [-0.15, -0.1) is 0 Å². The molecule has 0 unspecified atom stereocenters. The van der Waals surface area contributed by atoms with E-state index in [1.54, 1.807) is 25.3 Å². The summed E-state index contributed by atoms with van der Waals surface area (Å²) in [5.74, 6) is -0.256. The maximum atomic E-state index is 12.7. The first kappa shape index (κ1) is 20.2. The lowest BCUT2D eigenvalue weighted by Crippen LogP contribution is -2.35. The number of nitrogens with zero attached hydrogens (tertiary/aromatic N) is 2. The van der Waals surface area contributed by atoms with Crippen molar-refractivity contribution in [3.63, 3.8) is 0 Å². The van der Waals surface area contributed by atoms with E-state index in [1.807, 2.05) is 50.2 Å². The fourth-order valence-corrected chi connectivity index (χ4v) is 3.11. The maximum absolute atomic E-state index is 12.7. The van der Waals surface area contributed by atoms with Gasteiger partial charge in [0.1, 0.15) is 0 Å². The van der Waals surface area contributed by atoms with Crippen LogP contribution in [0.1, 0.15) is 34.0 Å². The Labute approximate surface area is 170 Å². The summed E-state index contributed by atoms with van der Waals surface area (Å²) < 4.78 is 0. The number of aromatic nitrogens is 1. The molecule has 0 aliphatic heterocycles. The number of benzene rings is 2. The summed E-state index contributed by atoms with van der Waals surface area (Å²) >= 11 is 0. The number of aliphatic hydroxyl groups excluding tert-OH is 1. The highest BCUT2D eigenvalue weighted by Crippen LogP contribution is 2.30. The Balaban J connectivity index is 2.13. The molecule has 29 heavy (non-hydrogen) atoms. The van der Waals surface area contributed by atoms with Gasteiger partial charge in [-0.2, -0.15) is 5.26 Å². The highest BCUT2D eigenvalue weighted by molar-refractivity contribution is 5.97. The Morgan fingerprint density at radius 3 is 2.52 bits per heavy atom. The van der Waals surface area contributed by atoms with Crippen molar-refractivity contribution in [2.45, 2.75) is 26.8 Å². The molecule has 3 rings (SSSR count). The Bertz CT molecular complexity index is 1080. The normalized spacial score (nSPS) is 11.6. The summed E-state index contributed by atoms with van der Waals surface area (Å²) in [4.78, 5) is 17.2. The topological polar surface area (TPSA) is 86.0 Å². The van der Waals surface area contributed by atoms with Crippen LogP contribution in [0.25, 0.3) is 22.4 Å². The summed E-state index contributed by atoms with van der Waals surface area (Å²) in [6, 6.07) is 16.8. The minimum Gasteiger partial charge on any atom is -0.394 e. The molecule has 2 aromatic carbocycles. The van der Waals surface area contributed by atoms with Crippen LogP contribution in [0.15, 0.2) is 54.7 Å². The molecular weight excluding hydrogens is 362 g/mol. The monoisotopic (exact) mass is 385 g/mol. The first-order valence-corrected chi connectivity index (χ1v) is 9.42. The zero-order chi connectivity index (χ0) is 21.0. The fraction of sp³-hybridized carbons (Fsp3) is 0.208. The van der Waals surface area contributed by atoms with Crippen LogP contribution in [-0.4, -0.2) is 28.6 Å². The molecule has 2 N–H and O–H groups in total. The zero-order valence-electron chi connectivity index (χ0n) is 16.7. The lowest BCUT2D eigenvalue weighted by molar-refractivity contribution is 0.0922. The number of aryl methyl sites for hydroxylation is 2. The number of amides is 1. The van der Waals surface area contributed by atoms with Crippen LogP contribution in [-0.2, 0) is 0 Å². The molecule has 0 spiro atoms. The molecule has 1 amide bonds. The van der Waals surface area contributed by atoms with E-state index in [4.69, 9.17) is 5.26 Å². The van der Waals surface area contributed by atoms with Gasteiger partial charge >= 0.3 is 0 Å². The minimum atomic E-state index is -0.344. The van der Waals surface area contributed by atoms with E-state index in [0.717, 1.165) is 33.5 Å². The van der Waals surface area contributed by atoms with Crippen molar-refractivity contribution < 1.29 is 9.90 Å². The van der Waals surface area contributed by atoms with Gasteiger partial charge in [0, 0.05) is 23.4 Å². The Hall–Kier alpha value is -3.49. The van der Waals surface area contributed by atoms with Crippen molar-refractivity contribution in [1.82, 2.24) is 10.3 Å². The third-order valence-corrected chi connectivity index (χ3v) is 4.72. The van der Waals surface area contributed by atoms with Gasteiger partial charge in [-0.05, 0) is 79.4 Å². The second-order valence-corrected chi connectivity index (χ2v) is 7.22. The number of rotatable bonds is 5. The second kappa shape index (κ2) is 8.68. The summed E-state index contributed by atoms with van der Waals surface area (Å²) in [6.07, 6.45) is 1.79. The van der Waals surface area contributed by atoms with Gasteiger partial charge in [-0.3, -0.25) is 9.78 Å². The molecule has 0 bridgehead atoms. The number of nitrogens with one attached hydrogen (secondary N) is 1. The van der Waals surface area contributed by atoms with Crippen molar-refractivity contribution >= 4 is 5.91 Å². The number of carbonyl (C=O) groups is 1. The van der Waals surface area contributed by atoms with Gasteiger partial charge in [-0.1, -0.05) is 12.1 Å². The molecule has 0 aliphatic carbocycles. The molecule has 146 valence electrons. The third kappa shape index (κ3) is 4.68. The molecule has 1 atom stereocenters. The predicted octanol–water partition coefficient (Wildman–Crippen LogP) is 4.01. The van der Waals surface area contributed by atoms with E-state index in [2.05, 4.69) is 16.4 Å². The van der Waals surface area contributed by atoms with Gasteiger partial charge in [0.15, 0.2) is 0 Å². The summed E-state index contributed by atoms with van der Waals surface area (Å²) in [5.41, 5.74) is 6.51. The van der Waals surface area contributed by atoms with Crippen LogP contribution >= 0.6 is 0 Å². The number of carbonyl (C=O) groups excluding carboxylic acids is 1. The molecule has 1 heterocycles. The quantitative estimate of drug-likeness (QED) is 0.695. The molecule has 0 radical (unpaired) electrons. The highest BCUT2D eigenvalue weighted by Gasteiger charge is 2.14. The van der Waals surface area contributed by atoms with Gasteiger partial charge < -0.3 is 10.4 Å². The Morgan fingerprint density at radius 2 is 1.90 bits per heavy atom. The van der Waals surface area contributed by atoms with E-state index in [-0.39, 0.29) is 18.6 Å². The van der Waals surface area contributed by atoms with Crippen LogP contribution in [0, 0.1) is 25.2 Å². The van der Waals surface area contributed by atoms with Crippen molar-refractivity contribution in [3.05, 3.63) is 77.0 Å². The summed E-state index contributed by atoms with van der Waals surface area (Å²) in [6.45, 7) is 5.53. The molecule has 0 aliphatic rings. The predicted molar refractivity (Wildman–Crippen MR) is 113 cm³/mol. The Morgan fingerprint density at radius 1 is 1.14 bits per heavy atom. The van der Waals surface area contributed by atoms with Crippen LogP contribution < -0.4 is 5.32 Å². The number of hydrogen-bond acceptors (Lipinski definition) is 4. The van der Waals surface area contributed by atoms with Gasteiger partial charge in [-0.25, -0.2) is 0 Å². The van der Waals surface area contributed by atoms with Crippen molar-refractivity contribution in [2.24, 2.45) is 0 Å². The average Bonchev–Trinajstić information content (AvgIpc) is 2.73. The molecule has 0 saturated heterocycles. The molecule has 5 nitrogen and oxygen atoms in total. The largest absolute Gasteiger partial charge is 0.394 e. The number of hydrogen-bond donors (Lipinski definition) is 2. The Kier molecular flexibility index (Phi) is 6.06. The van der Waals surface area contributed by atoms with Crippen molar-refractivity contribution in [3.8, 4) is 28.5 Å². The first-order valence-electron chi connectivity index (χ1n) is 9.42. The van der Waals surface area contributed by atoms with E-state index in [9.17, 15) is 9.90 Å². The molecule has 3 aromatic rings. The van der Waals surface area contributed by atoms with Gasteiger partial charge in [0.2, 0.25) is 0 Å². The number of aliphatic hydroxyl groups is 1. The molecule has 0 saturated carbocycles. The van der Waals surface area contributed by atoms with E-state index in [1.165, 1.54) is 0 Å². The van der Waals surface area contributed by atoms with Crippen LogP contribution in [0.4, 0.5) is 0 Å². The van der Waals surface area contributed by atoms with Crippen LogP contribution in [0.2, 0.25) is 0 Å². The van der Waals surface area contributed by atoms with E-state index >= 15 is 0 Å². The van der Waals surface area contributed by atoms with Gasteiger partial charge in [0.05, 0.1) is 23.9 Å². The first-order chi connectivity index (χ1) is 13.9. The van der Waals surface area contributed by atoms with E-state index in [0.29, 0.717) is 11.1 Å². The fourth-order valence-electron chi connectivity index (χ4n) is 3.11. The van der Waals surface area contributed by atoms with Crippen LogP contribution in [0.5, 0.6) is 0 Å². The van der Waals surface area contributed by atoms with Crippen molar-refractivity contribution in [2.75, 3.05) is 6.61 Å². The smallest absolute Gasteiger partial charge is 0.251 e. The lowest BCUT2D eigenvalue weighted by Gasteiger charge is -2.14. The average molecular weight is 385 g/mol. The maximum Gasteiger partial charge on any atom is 0.251 e. The van der Waals surface area contributed by atoms with Crippen molar-refractivity contribution in [1.29, 1.82) is 5.26 Å². The van der Waals surface area contributed by atoms with Crippen LogP contribution in [0.3, 0.4) is 0 Å². The standard InChI is InChI=1S/C24H23N3O2/c1-15-4-7-23(26-13-15)20-9-19(22-6-5-18(12-25)8-16(22)2)10-21(11-20)24(29)27-17(3)14-28/h4-11,13,17,28H,14H2,1-3H3,(H,27,29)/t17-/m0/s1. The molecule has 1 aromatic heterocycles. The minimum absolute atomic E-state index is 0.132. The zero-order valence-corrected chi connectivity index (χ0v) is 16.7. The lowest BCUT2D eigenvalue weighted by atomic mass is 9.94. The highest BCUT2D eigenvalue weighted by atomic mass is 16.3. The SMILES string of the molecule is Cc1ccc(-c2cc(C(=O)N[C@@H](C)CO)cc(-c3ccc(C#N)cc3C)c2)nc1. The van der Waals surface area contributed by atoms with E-state index < -0.39 is 0 Å².